The van der Waals surface area contributed by atoms with Gasteiger partial charge < -0.3 is 14.9 Å². The molecule has 2 rings (SSSR count). The van der Waals surface area contributed by atoms with Crippen molar-refractivity contribution in [1.82, 2.24) is 0 Å². The van der Waals surface area contributed by atoms with Crippen LogP contribution < -0.4 is 0 Å². The molecule has 0 bridgehead atoms. The lowest BCUT2D eigenvalue weighted by Crippen LogP contribution is -2.06. The third-order valence-electron chi connectivity index (χ3n) is 3.05. The minimum absolute atomic E-state index is 0.0925. The highest BCUT2D eigenvalue weighted by atomic mass is 16.5. The van der Waals surface area contributed by atoms with Crippen molar-refractivity contribution in [3.05, 3.63) is 59.2 Å². The average Bonchev–Trinajstić information content (AvgIpc) is 2.59. The van der Waals surface area contributed by atoms with Gasteiger partial charge in [0.1, 0.15) is 17.1 Å². The molecule has 0 radical (unpaired) electrons. The number of nitrogens with zero attached hydrogens (tertiary/aromatic N) is 2. The van der Waals surface area contributed by atoms with Gasteiger partial charge in [0.05, 0.1) is 19.0 Å². The van der Waals surface area contributed by atoms with Crippen molar-refractivity contribution in [2.24, 2.45) is 10.2 Å². The summed E-state index contributed by atoms with van der Waals surface area (Å²) in [6.07, 6.45) is 3.71. The molecule has 0 aromatic heterocycles. The maximum absolute atomic E-state index is 11.8. The monoisotopic (exact) mass is 326 g/mol. The topological polar surface area (TPSA) is 91.5 Å². The van der Waals surface area contributed by atoms with Gasteiger partial charge in [-0.3, -0.25) is 0 Å². The molecule has 0 amide bonds. The maximum atomic E-state index is 11.8. The van der Waals surface area contributed by atoms with Crippen LogP contribution in [0.2, 0.25) is 0 Å². The summed E-state index contributed by atoms with van der Waals surface area (Å²) >= 11 is 0. The Kier molecular flexibility index (Phi) is 6.08. The van der Waals surface area contributed by atoms with E-state index >= 15 is 0 Å². The summed E-state index contributed by atoms with van der Waals surface area (Å²) < 4.78 is 5.01. The van der Waals surface area contributed by atoms with E-state index < -0.39 is 5.97 Å². The number of benzene rings is 2. The van der Waals surface area contributed by atoms with Crippen LogP contribution in [0.15, 0.2) is 52.7 Å². The molecule has 0 saturated heterocycles. The fourth-order valence-electron chi connectivity index (χ4n) is 1.83. The van der Waals surface area contributed by atoms with Crippen LogP contribution in [0.25, 0.3) is 0 Å². The summed E-state index contributed by atoms with van der Waals surface area (Å²) in [4.78, 5) is 11.8. The van der Waals surface area contributed by atoms with Gasteiger partial charge in [-0.05, 0) is 60.0 Å². The Bertz CT molecular complexity index is 752. The molecule has 24 heavy (non-hydrogen) atoms. The molecule has 6 heteroatoms. The Labute approximate surface area is 139 Å². The summed E-state index contributed by atoms with van der Waals surface area (Å²) in [5.41, 5.74) is 1.49. The maximum Gasteiger partial charge on any atom is 0.341 e. The highest BCUT2D eigenvalue weighted by molar-refractivity contribution is 5.95. The molecule has 0 heterocycles. The molecule has 0 aliphatic carbocycles. The van der Waals surface area contributed by atoms with Gasteiger partial charge in [-0.2, -0.15) is 10.2 Å². The van der Waals surface area contributed by atoms with E-state index in [1.54, 1.807) is 30.3 Å². The van der Waals surface area contributed by atoms with Crippen LogP contribution in [0.1, 0.15) is 34.8 Å². The molecule has 0 spiro atoms. The van der Waals surface area contributed by atoms with Gasteiger partial charge >= 0.3 is 5.97 Å². The van der Waals surface area contributed by atoms with Gasteiger partial charge in [0, 0.05) is 0 Å². The standard InChI is InChI=1S/C18H18N2O4/c1-2-9-24-18(23)16-10-14(5-8-17(16)22)12-20-19-11-13-3-6-15(21)7-4-13/h3-8,10-12,21-22H,2,9H2,1H3. The molecule has 2 aromatic rings. The lowest BCUT2D eigenvalue weighted by Gasteiger charge is -2.05. The minimum Gasteiger partial charge on any atom is -0.508 e. The van der Waals surface area contributed by atoms with Crippen molar-refractivity contribution < 1.29 is 19.7 Å². The summed E-state index contributed by atoms with van der Waals surface area (Å²) in [5.74, 6) is -0.528. The van der Waals surface area contributed by atoms with Crippen molar-refractivity contribution in [3.63, 3.8) is 0 Å². The fraction of sp³-hybridized carbons (Fsp3) is 0.167. The Morgan fingerprint density at radius 1 is 1.04 bits per heavy atom. The average molecular weight is 326 g/mol. The number of hydrogen-bond acceptors (Lipinski definition) is 6. The number of ether oxygens (including phenoxy) is 1. The predicted molar refractivity (Wildman–Crippen MR) is 92.0 cm³/mol. The quantitative estimate of drug-likeness (QED) is 0.485. The third-order valence-corrected chi connectivity index (χ3v) is 3.05. The van der Waals surface area contributed by atoms with Crippen LogP contribution in [0.4, 0.5) is 0 Å². The van der Waals surface area contributed by atoms with E-state index in [1.165, 1.54) is 24.6 Å². The van der Waals surface area contributed by atoms with E-state index in [9.17, 15) is 15.0 Å². The van der Waals surface area contributed by atoms with Crippen LogP contribution >= 0.6 is 0 Å². The van der Waals surface area contributed by atoms with Gasteiger partial charge in [0.2, 0.25) is 0 Å². The normalized spacial score (nSPS) is 11.2. The molecule has 6 nitrogen and oxygen atoms in total. The molecule has 0 aliphatic heterocycles. The lowest BCUT2D eigenvalue weighted by atomic mass is 10.1. The number of rotatable bonds is 6. The fourth-order valence-corrected chi connectivity index (χ4v) is 1.83. The molecule has 0 aliphatic rings. The van der Waals surface area contributed by atoms with E-state index in [4.69, 9.17) is 4.74 Å². The Morgan fingerprint density at radius 3 is 2.33 bits per heavy atom. The largest absolute Gasteiger partial charge is 0.508 e. The molecular weight excluding hydrogens is 308 g/mol. The van der Waals surface area contributed by atoms with Crippen molar-refractivity contribution in [2.75, 3.05) is 6.61 Å². The number of hydrogen-bond donors (Lipinski definition) is 2. The number of esters is 1. The predicted octanol–water partition coefficient (Wildman–Crippen LogP) is 3.12. The highest BCUT2D eigenvalue weighted by Crippen LogP contribution is 2.19. The SMILES string of the molecule is CCCOC(=O)c1cc(C=NN=Cc2ccc(O)cc2)ccc1O. The highest BCUT2D eigenvalue weighted by Gasteiger charge is 2.12. The van der Waals surface area contributed by atoms with Crippen LogP contribution in [-0.4, -0.2) is 35.2 Å². The Balaban J connectivity index is 2.06. The van der Waals surface area contributed by atoms with Gasteiger partial charge in [-0.15, -0.1) is 0 Å². The van der Waals surface area contributed by atoms with Crippen molar-refractivity contribution in [1.29, 1.82) is 0 Å². The lowest BCUT2D eigenvalue weighted by molar-refractivity contribution is 0.0502. The number of phenolic OH excluding ortho intramolecular Hbond substituents is 2. The molecule has 2 aromatic carbocycles. The third kappa shape index (κ3) is 4.95. The van der Waals surface area contributed by atoms with Crippen molar-refractivity contribution >= 4 is 18.4 Å². The van der Waals surface area contributed by atoms with Crippen molar-refractivity contribution in [2.45, 2.75) is 13.3 Å². The van der Waals surface area contributed by atoms with Crippen LogP contribution in [0.3, 0.4) is 0 Å². The van der Waals surface area contributed by atoms with E-state index in [0.717, 1.165) is 5.56 Å². The van der Waals surface area contributed by atoms with E-state index in [-0.39, 0.29) is 17.1 Å². The van der Waals surface area contributed by atoms with E-state index in [2.05, 4.69) is 10.2 Å². The first-order valence-corrected chi connectivity index (χ1v) is 7.45. The smallest absolute Gasteiger partial charge is 0.341 e. The first-order valence-electron chi connectivity index (χ1n) is 7.45. The second-order valence-corrected chi connectivity index (χ2v) is 4.99. The van der Waals surface area contributed by atoms with Gasteiger partial charge in [-0.25, -0.2) is 4.79 Å². The number of carbonyl (C=O) groups is 1. The zero-order chi connectivity index (χ0) is 17.4. The molecule has 0 unspecified atom stereocenters. The summed E-state index contributed by atoms with van der Waals surface area (Å²) in [6, 6.07) is 11.0. The second kappa shape index (κ2) is 8.47. The molecule has 0 saturated carbocycles. The van der Waals surface area contributed by atoms with Gasteiger partial charge in [-0.1, -0.05) is 6.92 Å². The minimum atomic E-state index is -0.572. The summed E-state index contributed by atoms with van der Waals surface area (Å²) in [7, 11) is 0. The van der Waals surface area contributed by atoms with E-state index in [1.807, 2.05) is 6.92 Å². The number of carbonyl (C=O) groups excluding carboxylic acids is 1. The van der Waals surface area contributed by atoms with Gasteiger partial charge in [0.25, 0.3) is 0 Å². The van der Waals surface area contributed by atoms with Crippen LogP contribution in [-0.2, 0) is 4.74 Å². The molecular formula is C18H18N2O4. The van der Waals surface area contributed by atoms with Gasteiger partial charge in [0.15, 0.2) is 0 Å². The summed E-state index contributed by atoms with van der Waals surface area (Å²) in [6.45, 7) is 2.19. The van der Waals surface area contributed by atoms with Crippen molar-refractivity contribution in [3.8, 4) is 11.5 Å². The van der Waals surface area contributed by atoms with E-state index in [0.29, 0.717) is 18.6 Å². The molecule has 124 valence electrons. The zero-order valence-electron chi connectivity index (χ0n) is 13.2. The molecule has 0 atom stereocenters. The second-order valence-electron chi connectivity index (χ2n) is 4.99. The van der Waals surface area contributed by atoms with Crippen LogP contribution in [0.5, 0.6) is 11.5 Å². The molecule has 0 fully saturated rings. The number of phenols is 2. The Morgan fingerprint density at radius 2 is 1.67 bits per heavy atom. The first kappa shape index (κ1) is 17.2. The Hall–Kier alpha value is -3.15. The van der Waals surface area contributed by atoms with Crippen LogP contribution in [0, 0.1) is 0 Å². The zero-order valence-corrected chi connectivity index (χ0v) is 13.2. The first-order chi connectivity index (χ1) is 11.6. The summed E-state index contributed by atoms with van der Waals surface area (Å²) in [5, 5.41) is 26.7. The number of aromatic hydroxyl groups is 2. The molecule has 2 N–H and O–H groups in total.